The van der Waals surface area contributed by atoms with Gasteiger partial charge in [-0.2, -0.15) is 0 Å². The number of rotatable bonds is 3. The van der Waals surface area contributed by atoms with Crippen molar-refractivity contribution in [1.29, 1.82) is 0 Å². The van der Waals surface area contributed by atoms with Crippen LogP contribution in [0.2, 0.25) is 0 Å². The zero-order chi connectivity index (χ0) is 18.1. The Morgan fingerprint density at radius 2 is 1.92 bits per heavy atom. The number of hydrogen-bond donors (Lipinski definition) is 0. The van der Waals surface area contributed by atoms with Crippen molar-refractivity contribution in [2.45, 2.75) is 19.9 Å². The number of carbonyl (C=O) groups is 2. The van der Waals surface area contributed by atoms with Crippen LogP contribution in [0.5, 0.6) is 0 Å². The van der Waals surface area contributed by atoms with E-state index in [-0.39, 0.29) is 17.8 Å². The molecule has 2 aromatic rings. The van der Waals surface area contributed by atoms with Crippen LogP contribution in [-0.2, 0) is 7.05 Å². The largest absolute Gasteiger partial charge is 0.368 e. The predicted molar refractivity (Wildman–Crippen MR) is 94.6 cm³/mol. The lowest BCUT2D eigenvalue weighted by atomic mass is 10.1. The molecule has 25 heavy (non-hydrogen) atoms. The van der Waals surface area contributed by atoms with E-state index in [4.69, 9.17) is 0 Å². The number of aromatic nitrogens is 1. The highest BCUT2D eigenvalue weighted by molar-refractivity contribution is 5.95. The Morgan fingerprint density at radius 3 is 2.48 bits per heavy atom. The van der Waals surface area contributed by atoms with Gasteiger partial charge in [-0.3, -0.25) is 9.59 Å². The van der Waals surface area contributed by atoms with Gasteiger partial charge in [-0.05, 0) is 44.2 Å². The molecule has 1 atom stereocenters. The quantitative estimate of drug-likeness (QED) is 0.805. The van der Waals surface area contributed by atoms with Gasteiger partial charge in [-0.15, -0.1) is 0 Å². The molecular weight excluding hydrogens is 321 g/mol. The van der Waals surface area contributed by atoms with Crippen LogP contribution in [-0.4, -0.2) is 47.3 Å². The topological polar surface area (TPSA) is 45.6 Å². The first-order chi connectivity index (χ1) is 11.9. The molecule has 0 bridgehead atoms. The van der Waals surface area contributed by atoms with Crippen LogP contribution in [0.25, 0.3) is 0 Å². The van der Waals surface area contributed by atoms with Crippen molar-refractivity contribution in [1.82, 2.24) is 9.47 Å². The van der Waals surface area contributed by atoms with Gasteiger partial charge in [0.15, 0.2) is 6.29 Å². The fourth-order valence-electron chi connectivity index (χ4n) is 3.34. The third kappa shape index (κ3) is 3.16. The number of amides is 1. The fourth-order valence-corrected chi connectivity index (χ4v) is 3.34. The standard InChI is InChI=1S/C19H22FN3O2/c1-13-11-22(17-6-4-16(20)5-7-17)8-9-23(13)19(25)18-10-15(12-24)14(2)21(18)3/h4-7,10,12-13H,8-9,11H2,1-3H3/t13-/m0/s1. The maximum Gasteiger partial charge on any atom is 0.270 e. The highest BCUT2D eigenvalue weighted by atomic mass is 19.1. The van der Waals surface area contributed by atoms with E-state index < -0.39 is 0 Å². The van der Waals surface area contributed by atoms with E-state index in [1.54, 1.807) is 29.8 Å². The predicted octanol–water partition coefficient (Wildman–Crippen LogP) is 2.64. The molecule has 0 radical (unpaired) electrons. The van der Waals surface area contributed by atoms with Crippen LogP contribution in [0.4, 0.5) is 10.1 Å². The summed E-state index contributed by atoms with van der Waals surface area (Å²) in [5.41, 5.74) is 2.82. The lowest BCUT2D eigenvalue weighted by molar-refractivity contribution is 0.0664. The molecule has 1 fully saturated rings. The van der Waals surface area contributed by atoms with Crippen LogP contribution >= 0.6 is 0 Å². The SMILES string of the molecule is Cc1c(C=O)cc(C(=O)N2CCN(c3ccc(F)cc3)C[C@@H]2C)n1C. The molecule has 1 aromatic heterocycles. The van der Waals surface area contributed by atoms with E-state index >= 15 is 0 Å². The van der Waals surface area contributed by atoms with Gasteiger partial charge in [0.1, 0.15) is 11.5 Å². The number of halogens is 1. The molecule has 0 saturated carbocycles. The Bertz CT molecular complexity index is 798. The number of anilines is 1. The van der Waals surface area contributed by atoms with Gasteiger partial charge in [-0.25, -0.2) is 4.39 Å². The van der Waals surface area contributed by atoms with Crippen molar-refractivity contribution in [2.24, 2.45) is 7.05 Å². The van der Waals surface area contributed by atoms with E-state index in [0.717, 1.165) is 17.7 Å². The highest BCUT2D eigenvalue weighted by Gasteiger charge is 2.30. The van der Waals surface area contributed by atoms with Gasteiger partial charge in [0.25, 0.3) is 5.91 Å². The molecule has 3 rings (SSSR count). The van der Waals surface area contributed by atoms with Crippen molar-refractivity contribution in [3.8, 4) is 0 Å². The van der Waals surface area contributed by atoms with Gasteiger partial charge in [0.05, 0.1) is 0 Å². The van der Waals surface area contributed by atoms with Crippen LogP contribution in [0, 0.1) is 12.7 Å². The first-order valence-corrected chi connectivity index (χ1v) is 8.35. The minimum atomic E-state index is -0.254. The van der Waals surface area contributed by atoms with Gasteiger partial charge in [0, 0.05) is 49.7 Å². The van der Waals surface area contributed by atoms with Gasteiger partial charge >= 0.3 is 0 Å². The molecular formula is C19H22FN3O2. The Morgan fingerprint density at radius 1 is 1.24 bits per heavy atom. The summed E-state index contributed by atoms with van der Waals surface area (Å²) in [5, 5.41) is 0. The van der Waals surface area contributed by atoms with Crippen LogP contribution < -0.4 is 4.90 Å². The second-order valence-electron chi connectivity index (χ2n) is 6.52. The van der Waals surface area contributed by atoms with Crippen molar-refractivity contribution in [3.05, 3.63) is 53.1 Å². The maximum absolute atomic E-state index is 13.1. The minimum absolute atomic E-state index is 0.0150. The van der Waals surface area contributed by atoms with Gasteiger partial charge in [0.2, 0.25) is 0 Å². The van der Waals surface area contributed by atoms with Crippen molar-refractivity contribution in [3.63, 3.8) is 0 Å². The highest BCUT2D eigenvalue weighted by Crippen LogP contribution is 2.22. The molecule has 132 valence electrons. The molecule has 1 amide bonds. The molecule has 0 N–H and O–H groups in total. The van der Waals surface area contributed by atoms with E-state index in [9.17, 15) is 14.0 Å². The van der Waals surface area contributed by atoms with Crippen molar-refractivity contribution in [2.75, 3.05) is 24.5 Å². The second-order valence-corrected chi connectivity index (χ2v) is 6.52. The first-order valence-electron chi connectivity index (χ1n) is 8.35. The molecule has 1 aliphatic heterocycles. The van der Waals surface area contributed by atoms with E-state index in [1.165, 1.54) is 12.1 Å². The molecule has 5 nitrogen and oxygen atoms in total. The summed E-state index contributed by atoms with van der Waals surface area (Å²) < 4.78 is 14.9. The van der Waals surface area contributed by atoms with E-state index in [1.807, 2.05) is 18.7 Å². The first kappa shape index (κ1) is 17.2. The van der Waals surface area contributed by atoms with Crippen LogP contribution in [0.3, 0.4) is 0 Å². The molecule has 0 spiro atoms. The Balaban J connectivity index is 1.76. The lowest BCUT2D eigenvalue weighted by Crippen LogP contribution is -2.54. The van der Waals surface area contributed by atoms with Crippen molar-refractivity contribution < 1.29 is 14.0 Å². The Kier molecular flexibility index (Phi) is 4.61. The maximum atomic E-state index is 13.1. The second kappa shape index (κ2) is 6.70. The van der Waals surface area contributed by atoms with E-state index in [2.05, 4.69) is 4.90 Å². The van der Waals surface area contributed by atoms with Crippen molar-refractivity contribution >= 4 is 17.9 Å². The summed E-state index contributed by atoms with van der Waals surface area (Å²) in [6.07, 6.45) is 0.780. The zero-order valence-corrected chi connectivity index (χ0v) is 14.7. The molecule has 0 unspecified atom stereocenters. The fraction of sp³-hybridized carbons (Fsp3) is 0.368. The Hall–Kier alpha value is -2.63. The van der Waals surface area contributed by atoms with Gasteiger partial charge < -0.3 is 14.4 Å². The number of aldehydes is 1. The number of nitrogens with zero attached hydrogens (tertiary/aromatic N) is 3. The third-order valence-electron chi connectivity index (χ3n) is 5.00. The van der Waals surface area contributed by atoms with Gasteiger partial charge in [-0.1, -0.05) is 0 Å². The molecule has 2 heterocycles. The average Bonchev–Trinajstić information content (AvgIpc) is 2.90. The smallest absolute Gasteiger partial charge is 0.270 e. The van der Waals surface area contributed by atoms with Crippen LogP contribution in [0.1, 0.15) is 33.5 Å². The summed E-state index contributed by atoms with van der Waals surface area (Å²) in [6, 6.07) is 8.09. The summed E-state index contributed by atoms with van der Waals surface area (Å²) in [6.45, 7) is 5.78. The number of piperazine rings is 1. The van der Waals surface area contributed by atoms with E-state index in [0.29, 0.717) is 30.9 Å². The Labute approximate surface area is 146 Å². The summed E-state index contributed by atoms with van der Waals surface area (Å²) in [4.78, 5) is 28.0. The third-order valence-corrected chi connectivity index (χ3v) is 5.00. The lowest BCUT2D eigenvalue weighted by Gasteiger charge is -2.41. The average molecular weight is 343 g/mol. The molecule has 6 heteroatoms. The molecule has 1 aliphatic rings. The normalized spacial score (nSPS) is 17.7. The molecule has 0 aliphatic carbocycles. The molecule has 1 saturated heterocycles. The zero-order valence-electron chi connectivity index (χ0n) is 14.7. The summed E-state index contributed by atoms with van der Waals surface area (Å²) in [7, 11) is 1.80. The number of hydrogen-bond acceptors (Lipinski definition) is 3. The summed E-state index contributed by atoms with van der Waals surface area (Å²) in [5.74, 6) is -0.319. The monoisotopic (exact) mass is 343 g/mol. The number of benzene rings is 1. The number of carbonyl (C=O) groups excluding carboxylic acids is 2. The minimum Gasteiger partial charge on any atom is -0.368 e. The van der Waals surface area contributed by atoms with Crippen LogP contribution in [0.15, 0.2) is 30.3 Å². The summed E-state index contributed by atoms with van der Waals surface area (Å²) >= 11 is 0. The molecule has 1 aromatic carbocycles.